The Labute approximate surface area is 115 Å². The monoisotopic (exact) mass is 269 g/mol. The minimum absolute atomic E-state index is 0.488. The molecule has 19 heavy (non-hydrogen) atoms. The van der Waals surface area contributed by atoms with Gasteiger partial charge in [-0.1, -0.05) is 18.5 Å². The molecule has 0 aromatic carbocycles. The van der Waals surface area contributed by atoms with Gasteiger partial charge in [-0.25, -0.2) is 0 Å². The van der Waals surface area contributed by atoms with Crippen LogP contribution in [0.3, 0.4) is 0 Å². The summed E-state index contributed by atoms with van der Waals surface area (Å²) in [6.07, 6.45) is 4.06. The van der Waals surface area contributed by atoms with Crippen LogP contribution in [0.25, 0.3) is 0 Å². The third-order valence-corrected chi connectivity index (χ3v) is 3.43. The Bertz CT molecular complexity index is 363. The van der Waals surface area contributed by atoms with E-state index < -0.39 is 5.60 Å². The SMILES string of the molecule is CCOC(C)(C)c1noc(CCC(CC)CCN)n1. The van der Waals surface area contributed by atoms with Crippen LogP contribution in [0.15, 0.2) is 4.52 Å². The average molecular weight is 269 g/mol. The van der Waals surface area contributed by atoms with Crippen LogP contribution >= 0.6 is 0 Å². The molecule has 0 spiro atoms. The number of ether oxygens (including phenoxy) is 1. The molecule has 0 fully saturated rings. The Morgan fingerprint density at radius 3 is 2.63 bits per heavy atom. The summed E-state index contributed by atoms with van der Waals surface area (Å²) in [4.78, 5) is 4.43. The van der Waals surface area contributed by atoms with Gasteiger partial charge in [0.05, 0.1) is 0 Å². The van der Waals surface area contributed by atoms with Crippen LogP contribution in [0, 0.1) is 5.92 Å². The first kappa shape index (κ1) is 16.1. The highest BCUT2D eigenvalue weighted by Crippen LogP contribution is 2.22. The van der Waals surface area contributed by atoms with Crippen molar-refractivity contribution in [3.63, 3.8) is 0 Å². The van der Waals surface area contributed by atoms with Gasteiger partial charge in [0.2, 0.25) is 11.7 Å². The smallest absolute Gasteiger partial charge is 0.226 e. The molecular weight excluding hydrogens is 242 g/mol. The molecule has 5 nitrogen and oxygen atoms in total. The fourth-order valence-electron chi connectivity index (χ4n) is 2.14. The van der Waals surface area contributed by atoms with Gasteiger partial charge in [0, 0.05) is 13.0 Å². The summed E-state index contributed by atoms with van der Waals surface area (Å²) < 4.78 is 10.9. The summed E-state index contributed by atoms with van der Waals surface area (Å²) in [5.74, 6) is 1.95. The second kappa shape index (κ2) is 7.60. The highest BCUT2D eigenvalue weighted by molar-refractivity contribution is 4.97. The lowest BCUT2D eigenvalue weighted by atomic mass is 9.97. The van der Waals surface area contributed by atoms with Crippen molar-refractivity contribution < 1.29 is 9.26 Å². The van der Waals surface area contributed by atoms with Crippen LogP contribution in [0.4, 0.5) is 0 Å². The van der Waals surface area contributed by atoms with E-state index in [0.29, 0.717) is 24.2 Å². The Kier molecular flexibility index (Phi) is 6.45. The van der Waals surface area contributed by atoms with Crippen LogP contribution < -0.4 is 5.73 Å². The number of nitrogens with two attached hydrogens (primary N) is 1. The topological polar surface area (TPSA) is 74.2 Å². The predicted octanol–water partition coefficient (Wildman–Crippen LogP) is 2.65. The molecule has 1 unspecified atom stereocenters. The van der Waals surface area contributed by atoms with E-state index in [-0.39, 0.29) is 0 Å². The lowest BCUT2D eigenvalue weighted by Gasteiger charge is -2.19. The van der Waals surface area contributed by atoms with Crippen molar-refractivity contribution in [1.29, 1.82) is 0 Å². The van der Waals surface area contributed by atoms with Crippen molar-refractivity contribution in [2.45, 2.75) is 59.0 Å². The van der Waals surface area contributed by atoms with Crippen molar-refractivity contribution in [2.75, 3.05) is 13.2 Å². The highest BCUT2D eigenvalue weighted by Gasteiger charge is 2.27. The van der Waals surface area contributed by atoms with Gasteiger partial charge in [0.25, 0.3) is 0 Å². The maximum Gasteiger partial charge on any atom is 0.226 e. The molecule has 0 bridgehead atoms. The molecule has 0 aliphatic carbocycles. The van der Waals surface area contributed by atoms with Crippen molar-refractivity contribution in [1.82, 2.24) is 10.1 Å². The van der Waals surface area contributed by atoms with Crippen LogP contribution in [-0.2, 0) is 16.8 Å². The van der Waals surface area contributed by atoms with Gasteiger partial charge in [-0.3, -0.25) is 0 Å². The van der Waals surface area contributed by atoms with Gasteiger partial charge < -0.3 is 15.0 Å². The van der Waals surface area contributed by atoms with E-state index in [1.165, 1.54) is 0 Å². The summed E-state index contributed by atoms with van der Waals surface area (Å²) in [5, 5.41) is 4.02. The standard InChI is InChI=1S/C14H27N3O2/c1-5-11(9-10-15)7-8-12-16-13(17-19-12)14(3,4)18-6-2/h11H,5-10,15H2,1-4H3. The molecule has 1 aromatic rings. The Morgan fingerprint density at radius 1 is 1.32 bits per heavy atom. The molecule has 0 saturated carbocycles. The third-order valence-electron chi connectivity index (χ3n) is 3.43. The molecule has 1 aromatic heterocycles. The van der Waals surface area contributed by atoms with Crippen molar-refractivity contribution >= 4 is 0 Å². The molecule has 0 aliphatic heterocycles. The van der Waals surface area contributed by atoms with Crippen LogP contribution in [0.1, 0.15) is 58.7 Å². The third kappa shape index (κ3) is 4.91. The Balaban J connectivity index is 2.55. The molecule has 5 heteroatoms. The summed E-state index contributed by atoms with van der Waals surface area (Å²) in [5.41, 5.74) is 5.11. The normalized spacial score (nSPS) is 13.7. The number of aryl methyl sites for hydroxylation is 1. The number of hydrogen-bond donors (Lipinski definition) is 1. The van der Waals surface area contributed by atoms with Gasteiger partial charge in [-0.05, 0) is 46.1 Å². The second-order valence-corrected chi connectivity index (χ2v) is 5.35. The average Bonchev–Trinajstić information content (AvgIpc) is 2.84. The van der Waals surface area contributed by atoms with E-state index in [4.69, 9.17) is 15.0 Å². The molecule has 0 saturated heterocycles. The van der Waals surface area contributed by atoms with Crippen LogP contribution in [0.2, 0.25) is 0 Å². The van der Waals surface area contributed by atoms with Crippen LogP contribution in [0.5, 0.6) is 0 Å². The number of aromatic nitrogens is 2. The summed E-state index contributed by atoms with van der Waals surface area (Å²) in [7, 11) is 0. The Morgan fingerprint density at radius 2 is 2.05 bits per heavy atom. The van der Waals surface area contributed by atoms with Crippen LogP contribution in [-0.4, -0.2) is 23.3 Å². The summed E-state index contributed by atoms with van der Waals surface area (Å²) in [6.45, 7) is 9.43. The number of rotatable bonds is 9. The maximum atomic E-state index is 5.61. The van der Waals surface area contributed by atoms with E-state index in [1.807, 2.05) is 20.8 Å². The van der Waals surface area contributed by atoms with E-state index in [9.17, 15) is 0 Å². The zero-order valence-electron chi connectivity index (χ0n) is 12.6. The molecule has 110 valence electrons. The zero-order valence-corrected chi connectivity index (χ0v) is 12.6. The molecule has 1 rings (SSSR count). The number of nitrogens with zero attached hydrogens (tertiary/aromatic N) is 2. The van der Waals surface area contributed by atoms with Gasteiger partial charge in [-0.15, -0.1) is 0 Å². The lowest BCUT2D eigenvalue weighted by Crippen LogP contribution is -2.23. The molecule has 0 amide bonds. The molecule has 1 atom stereocenters. The minimum Gasteiger partial charge on any atom is -0.368 e. The minimum atomic E-state index is -0.488. The molecule has 2 N–H and O–H groups in total. The lowest BCUT2D eigenvalue weighted by molar-refractivity contribution is -0.0221. The van der Waals surface area contributed by atoms with Gasteiger partial charge in [-0.2, -0.15) is 4.98 Å². The van der Waals surface area contributed by atoms with E-state index in [0.717, 1.165) is 32.2 Å². The quantitative estimate of drug-likeness (QED) is 0.746. The highest BCUT2D eigenvalue weighted by atomic mass is 16.5. The molecular formula is C14H27N3O2. The zero-order chi connectivity index (χ0) is 14.3. The van der Waals surface area contributed by atoms with Gasteiger partial charge in [0.1, 0.15) is 5.60 Å². The Hall–Kier alpha value is -0.940. The van der Waals surface area contributed by atoms with E-state index >= 15 is 0 Å². The summed E-state index contributed by atoms with van der Waals surface area (Å²) >= 11 is 0. The summed E-state index contributed by atoms with van der Waals surface area (Å²) in [6, 6.07) is 0. The maximum absolute atomic E-state index is 5.61. The largest absolute Gasteiger partial charge is 0.368 e. The first-order valence-electron chi connectivity index (χ1n) is 7.20. The predicted molar refractivity (Wildman–Crippen MR) is 74.7 cm³/mol. The molecule has 0 aliphatic rings. The van der Waals surface area contributed by atoms with Gasteiger partial charge in [0.15, 0.2) is 0 Å². The fraction of sp³-hybridized carbons (Fsp3) is 0.857. The van der Waals surface area contributed by atoms with Crippen molar-refractivity contribution in [3.05, 3.63) is 11.7 Å². The first-order valence-corrected chi connectivity index (χ1v) is 7.20. The molecule has 0 radical (unpaired) electrons. The van der Waals surface area contributed by atoms with E-state index in [1.54, 1.807) is 0 Å². The van der Waals surface area contributed by atoms with Crippen molar-refractivity contribution in [2.24, 2.45) is 11.7 Å². The van der Waals surface area contributed by atoms with Gasteiger partial charge >= 0.3 is 0 Å². The first-order chi connectivity index (χ1) is 9.03. The number of hydrogen-bond acceptors (Lipinski definition) is 5. The molecule has 1 heterocycles. The fourth-order valence-corrected chi connectivity index (χ4v) is 2.14. The second-order valence-electron chi connectivity index (χ2n) is 5.35. The van der Waals surface area contributed by atoms with E-state index in [2.05, 4.69) is 17.1 Å². The van der Waals surface area contributed by atoms with Crippen molar-refractivity contribution in [3.8, 4) is 0 Å².